The highest BCUT2D eigenvalue weighted by Crippen LogP contribution is 2.31. The van der Waals surface area contributed by atoms with E-state index in [1.165, 1.54) is 31.4 Å². The minimum Gasteiger partial charge on any atom is -0.313 e. The molecule has 2 unspecified atom stereocenters. The highest BCUT2D eigenvalue weighted by Gasteiger charge is 2.27. The Balaban J connectivity index is 1.93. The van der Waals surface area contributed by atoms with Crippen LogP contribution in [0, 0.1) is 5.92 Å². The average molecular weight is 263 g/mol. The molecule has 1 aromatic heterocycles. The first-order valence-electron chi connectivity index (χ1n) is 8.02. The number of aromatic nitrogens is 2. The van der Waals surface area contributed by atoms with Crippen LogP contribution >= 0.6 is 0 Å². The van der Waals surface area contributed by atoms with Crippen molar-refractivity contribution < 1.29 is 0 Å². The van der Waals surface area contributed by atoms with Crippen molar-refractivity contribution in [3.63, 3.8) is 0 Å². The summed E-state index contributed by atoms with van der Waals surface area (Å²) in [7, 11) is 0. The van der Waals surface area contributed by atoms with Crippen molar-refractivity contribution >= 4 is 0 Å². The van der Waals surface area contributed by atoms with E-state index in [-0.39, 0.29) is 0 Å². The Bertz CT molecular complexity index is 368. The summed E-state index contributed by atoms with van der Waals surface area (Å²) in [5, 5.41) is 8.47. The fourth-order valence-corrected chi connectivity index (χ4v) is 2.72. The molecule has 1 N–H and O–H groups in total. The summed E-state index contributed by atoms with van der Waals surface area (Å²) in [4.78, 5) is 0. The summed E-state index contributed by atoms with van der Waals surface area (Å²) in [5.74, 6) is 0.875. The lowest BCUT2D eigenvalue weighted by Gasteiger charge is -2.34. The fraction of sp³-hybridized carbons (Fsp3) is 0.812. The zero-order chi connectivity index (χ0) is 13.7. The molecule has 0 radical (unpaired) electrons. The predicted molar refractivity (Wildman–Crippen MR) is 80.4 cm³/mol. The first-order valence-corrected chi connectivity index (χ1v) is 8.02. The van der Waals surface area contributed by atoms with Gasteiger partial charge in [0, 0.05) is 24.7 Å². The summed E-state index contributed by atoms with van der Waals surface area (Å²) in [6.45, 7) is 7.82. The zero-order valence-electron chi connectivity index (χ0n) is 12.7. The normalized spacial score (nSPS) is 19.1. The molecule has 1 fully saturated rings. The van der Waals surface area contributed by atoms with Crippen molar-refractivity contribution in [3.05, 3.63) is 18.0 Å². The van der Waals surface area contributed by atoms with Crippen LogP contribution in [0.3, 0.4) is 0 Å². The highest BCUT2D eigenvalue weighted by molar-refractivity contribution is 5.04. The smallest absolute Gasteiger partial charge is 0.0640 e. The molecule has 3 nitrogen and oxygen atoms in total. The molecule has 1 heterocycles. The van der Waals surface area contributed by atoms with E-state index in [1.807, 2.05) is 0 Å². The van der Waals surface area contributed by atoms with Crippen molar-refractivity contribution in [3.8, 4) is 0 Å². The third kappa shape index (κ3) is 3.82. The van der Waals surface area contributed by atoms with E-state index in [2.05, 4.69) is 43.0 Å². The maximum Gasteiger partial charge on any atom is 0.0640 e. The Morgan fingerprint density at radius 3 is 2.79 bits per heavy atom. The summed E-state index contributed by atoms with van der Waals surface area (Å²) >= 11 is 0. The summed E-state index contributed by atoms with van der Waals surface area (Å²) in [5.41, 5.74) is 1.25. The number of nitrogens with zero attached hydrogens (tertiary/aromatic N) is 2. The second-order valence-corrected chi connectivity index (χ2v) is 6.00. The predicted octanol–water partition coefficient (Wildman–Crippen LogP) is 3.56. The van der Waals surface area contributed by atoms with Crippen LogP contribution in [0.25, 0.3) is 0 Å². The molecule has 1 aliphatic carbocycles. The fourth-order valence-electron chi connectivity index (χ4n) is 2.72. The Hall–Kier alpha value is -0.830. The quantitative estimate of drug-likeness (QED) is 0.777. The van der Waals surface area contributed by atoms with Crippen LogP contribution in [0.2, 0.25) is 0 Å². The van der Waals surface area contributed by atoms with Gasteiger partial charge in [-0.25, -0.2) is 0 Å². The largest absolute Gasteiger partial charge is 0.313 e. The molecule has 1 aromatic rings. The maximum atomic E-state index is 4.75. The first kappa shape index (κ1) is 14.6. The lowest BCUT2D eigenvalue weighted by atomic mass is 9.78. The van der Waals surface area contributed by atoms with Gasteiger partial charge in [0.15, 0.2) is 0 Å². The molecule has 0 saturated heterocycles. The van der Waals surface area contributed by atoms with Gasteiger partial charge in [-0.3, -0.25) is 4.68 Å². The van der Waals surface area contributed by atoms with Crippen molar-refractivity contribution in [1.82, 2.24) is 15.1 Å². The molecule has 0 aromatic carbocycles. The van der Waals surface area contributed by atoms with Crippen LogP contribution in [0.5, 0.6) is 0 Å². The highest BCUT2D eigenvalue weighted by atomic mass is 15.3. The number of rotatable bonds is 8. The monoisotopic (exact) mass is 263 g/mol. The van der Waals surface area contributed by atoms with Crippen molar-refractivity contribution in [1.29, 1.82) is 0 Å². The van der Waals surface area contributed by atoms with Gasteiger partial charge in [0.2, 0.25) is 0 Å². The van der Waals surface area contributed by atoms with Gasteiger partial charge < -0.3 is 5.32 Å². The standard InChI is InChI=1S/C16H29N3/c1-4-10-17-16(14-7-6-8-14)12-15-9-11-19(18-15)13(3)5-2/h9,11,13-14,16-17H,4-8,10,12H2,1-3H3. The molecule has 1 aliphatic rings. The van der Waals surface area contributed by atoms with E-state index in [4.69, 9.17) is 5.10 Å². The second kappa shape index (κ2) is 7.09. The molecule has 1 saturated carbocycles. The van der Waals surface area contributed by atoms with Crippen LogP contribution in [-0.2, 0) is 6.42 Å². The molecule has 108 valence electrons. The van der Waals surface area contributed by atoms with E-state index in [1.54, 1.807) is 0 Å². The topological polar surface area (TPSA) is 29.9 Å². The van der Waals surface area contributed by atoms with Crippen molar-refractivity contribution in [2.75, 3.05) is 6.54 Å². The zero-order valence-corrected chi connectivity index (χ0v) is 12.7. The van der Waals surface area contributed by atoms with Crippen molar-refractivity contribution in [2.24, 2.45) is 5.92 Å². The van der Waals surface area contributed by atoms with E-state index in [0.29, 0.717) is 12.1 Å². The van der Waals surface area contributed by atoms with Gasteiger partial charge in [0.25, 0.3) is 0 Å². The van der Waals surface area contributed by atoms with Crippen LogP contribution in [0.1, 0.15) is 64.6 Å². The third-order valence-electron chi connectivity index (χ3n) is 4.51. The number of hydrogen-bond acceptors (Lipinski definition) is 2. The lowest BCUT2D eigenvalue weighted by molar-refractivity contribution is 0.226. The van der Waals surface area contributed by atoms with Crippen LogP contribution in [0.15, 0.2) is 12.3 Å². The molecule has 3 heteroatoms. The summed E-state index contributed by atoms with van der Waals surface area (Å²) < 4.78 is 2.12. The molecule has 19 heavy (non-hydrogen) atoms. The molecule has 0 bridgehead atoms. The van der Waals surface area contributed by atoms with Gasteiger partial charge in [-0.15, -0.1) is 0 Å². The first-order chi connectivity index (χ1) is 9.24. The molecule has 2 atom stereocenters. The van der Waals surface area contributed by atoms with Gasteiger partial charge in [-0.05, 0) is 51.1 Å². The average Bonchev–Trinajstić information content (AvgIpc) is 2.81. The van der Waals surface area contributed by atoms with Gasteiger partial charge in [0.05, 0.1) is 5.69 Å². The number of nitrogens with one attached hydrogen (secondary N) is 1. The third-order valence-corrected chi connectivity index (χ3v) is 4.51. The van der Waals surface area contributed by atoms with Gasteiger partial charge in [-0.1, -0.05) is 20.3 Å². The van der Waals surface area contributed by atoms with Crippen LogP contribution in [0.4, 0.5) is 0 Å². The Kier molecular flexibility index (Phi) is 5.44. The molecule has 0 amide bonds. The molecular weight excluding hydrogens is 234 g/mol. The van der Waals surface area contributed by atoms with Gasteiger partial charge >= 0.3 is 0 Å². The summed E-state index contributed by atoms with van der Waals surface area (Å²) in [6.07, 6.45) is 9.79. The van der Waals surface area contributed by atoms with E-state index >= 15 is 0 Å². The van der Waals surface area contributed by atoms with Gasteiger partial charge in [-0.2, -0.15) is 5.10 Å². The Labute approximate surface area is 117 Å². The SMILES string of the molecule is CCCNC(Cc1ccn(C(C)CC)n1)C1CCC1. The maximum absolute atomic E-state index is 4.75. The minimum absolute atomic E-state index is 0.513. The molecular formula is C16H29N3. The Morgan fingerprint density at radius 1 is 1.42 bits per heavy atom. The van der Waals surface area contributed by atoms with Crippen LogP contribution < -0.4 is 5.32 Å². The molecule has 0 spiro atoms. The molecule has 2 rings (SSSR count). The minimum atomic E-state index is 0.513. The van der Waals surface area contributed by atoms with E-state index in [9.17, 15) is 0 Å². The molecule has 0 aliphatic heterocycles. The summed E-state index contributed by atoms with van der Waals surface area (Å²) in [6, 6.07) is 3.35. The van der Waals surface area contributed by atoms with E-state index < -0.39 is 0 Å². The lowest BCUT2D eigenvalue weighted by Crippen LogP contribution is -2.41. The van der Waals surface area contributed by atoms with Crippen LogP contribution in [-0.4, -0.2) is 22.4 Å². The second-order valence-electron chi connectivity index (χ2n) is 6.00. The van der Waals surface area contributed by atoms with E-state index in [0.717, 1.165) is 25.3 Å². The van der Waals surface area contributed by atoms with Crippen molar-refractivity contribution in [2.45, 2.75) is 71.4 Å². The van der Waals surface area contributed by atoms with Gasteiger partial charge in [0.1, 0.15) is 0 Å². The number of hydrogen-bond donors (Lipinski definition) is 1. The Morgan fingerprint density at radius 2 is 2.21 bits per heavy atom.